The third-order valence-corrected chi connectivity index (χ3v) is 4.50. The van der Waals surface area contributed by atoms with Crippen LogP contribution in [-0.4, -0.2) is 14.8 Å². The van der Waals surface area contributed by atoms with E-state index in [2.05, 4.69) is 30.1 Å². The Morgan fingerprint density at radius 1 is 1.35 bits per heavy atom. The normalized spacial score (nSPS) is 12.9. The molecule has 0 radical (unpaired) electrons. The molecule has 0 saturated carbocycles. The summed E-state index contributed by atoms with van der Waals surface area (Å²) in [6.45, 7) is 4.98. The highest BCUT2D eigenvalue weighted by molar-refractivity contribution is 7.11. The third kappa shape index (κ3) is 2.34. The van der Waals surface area contributed by atoms with Gasteiger partial charge in [0.2, 0.25) is 0 Å². The van der Waals surface area contributed by atoms with Gasteiger partial charge in [-0.15, -0.1) is 11.3 Å². The summed E-state index contributed by atoms with van der Waals surface area (Å²) in [5, 5.41) is 6.96. The zero-order valence-corrected chi connectivity index (χ0v) is 12.5. The monoisotopic (exact) mass is 286 g/mol. The summed E-state index contributed by atoms with van der Waals surface area (Å²) in [6.07, 6.45) is 2.62. The lowest BCUT2D eigenvalue weighted by molar-refractivity contribution is 0.645. The molecule has 3 rings (SSSR count). The number of thiazole rings is 1. The number of nitrogens with zero attached hydrogens (tertiary/aromatic N) is 3. The molecular weight excluding hydrogens is 268 g/mol. The van der Waals surface area contributed by atoms with Crippen LogP contribution in [0.4, 0.5) is 0 Å². The first-order valence-electron chi connectivity index (χ1n) is 6.81. The number of aromatic nitrogens is 3. The maximum Gasteiger partial charge on any atom is 0.0897 e. The fraction of sp³-hybridized carbons (Fsp3) is 0.333. The number of benzene rings is 1. The highest BCUT2D eigenvalue weighted by atomic mass is 32.1. The highest BCUT2D eigenvalue weighted by Gasteiger charge is 2.15. The minimum absolute atomic E-state index is 0.0372. The van der Waals surface area contributed by atoms with E-state index in [1.165, 1.54) is 10.9 Å². The predicted molar refractivity (Wildman–Crippen MR) is 82.9 cm³/mol. The lowest BCUT2D eigenvalue weighted by Crippen LogP contribution is -2.12. The van der Waals surface area contributed by atoms with E-state index in [0.717, 1.165) is 28.5 Å². The number of hydrogen-bond acceptors (Lipinski definition) is 4. The molecule has 0 saturated heterocycles. The van der Waals surface area contributed by atoms with Crippen LogP contribution in [0, 0.1) is 6.92 Å². The Morgan fingerprint density at radius 2 is 2.15 bits per heavy atom. The van der Waals surface area contributed by atoms with Gasteiger partial charge in [-0.05, 0) is 19.9 Å². The summed E-state index contributed by atoms with van der Waals surface area (Å²) in [7, 11) is 0. The lowest BCUT2D eigenvalue weighted by Gasteiger charge is -2.06. The molecule has 1 aromatic carbocycles. The topological polar surface area (TPSA) is 56.7 Å². The second-order valence-corrected chi connectivity index (χ2v) is 6.14. The Kier molecular flexibility index (Phi) is 3.54. The van der Waals surface area contributed by atoms with Crippen molar-refractivity contribution in [2.75, 3.05) is 0 Å². The van der Waals surface area contributed by atoms with Gasteiger partial charge in [0.15, 0.2) is 0 Å². The number of fused-ring (bicyclic) bond motifs is 1. The molecule has 0 aliphatic heterocycles. The SMILES string of the molecule is CCn1nc(CC(N)c2cnc(C)s2)c2ccccc21. The maximum atomic E-state index is 6.30. The Balaban J connectivity index is 1.94. The van der Waals surface area contributed by atoms with Gasteiger partial charge < -0.3 is 5.73 Å². The van der Waals surface area contributed by atoms with Gasteiger partial charge >= 0.3 is 0 Å². The molecule has 2 heterocycles. The van der Waals surface area contributed by atoms with Gasteiger partial charge in [-0.3, -0.25) is 4.68 Å². The van der Waals surface area contributed by atoms with Crippen molar-refractivity contribution in [2.45, 2.75) is 32.9 Å². The Labute approximate surface area is 122 Å². The van der Waals surface area contributed by atoms with Gasteiger partial charge in [0.1, 0.15) is 0 Å². The Hall–Kier alpha value is -1.72. The fourth-order valence-electron chi connectivity index (χ4n) is 2.45. The second kappa shape index (κ2) is 5.34. The molecule has 1 atom stereocenters. The van der Waals surface area contributed by atoms with E-state index in [1.54, 1.807) is 11.3 Å². The van der Waals surface area contributed by atoms with Crippen LogP contribution in [0.15, 0.2) is 30.5 Å². The van der Waals surface area contributed by atoms with Gasteiger partial charge in [-0.2, -0.15) is 5.10 Å². The van der Waals surface area contributed by atoms with Crippen molar-refractivity contribution in [1.29, 1.82) is 0 Å². The molecule has 0 aliphatic rings. The van der Waals surface area contributed by atoms with Crippen LogP contribution in [0.5, 0.6) is 0 Å². The molecule has 104 valence electrons. The molecule has 0 spiro atoms. The van der Waals surface area contributed by atoms with Crippen LogP contribution in [0.1, 0.15) is 28.5 Å². The molecule has 3 aromatic rings. The number of hydrogen-bond donors (Lipinski definition) is 1. The molecule has 0 fully saturated rings. The van der Waals surface area contributed by atoms with E-state index in [1.807, 2.05) is 23.9 Å². The first kappa shape index (κ1) is 13.3. The largest absolute Gasteiger partial charge is 0.323 e. The average molecular weight is 286 g/mol. The van der Waals surface area contributed by atoms with Gasteiger partial charge in [-0.1, -0.05) is 18.2 Å². The van der Waals surface area contributed by atoms with Crippen molar-refractivity contribution in [3.63, 3.8) is 0 Å². The summed E-state index contributed by atoms with van der Waals surface area (Å²) in [6, 6.07) is 8.29. The smallest absolute Gasteiger partial charge is 0.0897 e. The van der Waals surface area contributed by atoms with Crippen LogP contribution >= 0.6 is 11.3 Å². The van der Waals surface area contributed by atoms with Crippen molar-refractivity contribution in [2.24, 2.45) is 5.73 Å². The zero-order valence-electron chi connectivity index (χ0n) is 11.7. The minimum atomic E-state index is -0.0372. The molecule has 1 unspecified atom stereocenters. The average Bonchev–Trinajstić information content (AvgIpc) is 3.03. The summed E-state index contributed by atoms with van der Waals surface area (Å²) < 4.78 is 2.04. The van der Waals surface area contributed by atoms with Gasteiger partial charge in [0.25, 0.3) is 0 Å². The maximum absolute atomic E-state index is 6.30. The van der Waals surface area contributed by atoms with Crippen molar-refractivity contribution in [3.8, 4) is 0 Å². The lowest BCUT2D eigenvalue weighted by atomic mass is 10.1. The molecule has 2 aromatic heterocycles. The molecule has 0 bridgehead atoms. The van der Waals surface area contributed by atoms with Crippen molar-refractivity contribution in [1.82, 2.24) is 14.8 Å². The standard InChI is InChI=1S/C15H18N4S/c1-3-19-14-7-5-4-6-11(14)13(18-19)8-12(16)15-9-17-10(2)20-15/h4-7,9,12H,3,8,16H2,1-2H3. The van der Waals surface area contributed by atoms with E-state index >= 15 is 0 Å². The van der Waals surface area contributed by atoms with Crippen molar-refractivity contribution in [3.05, 3.63) is 46.0 Å². The molecule has 0 amide bonds. The molecule has 2 N–H and O–H groups in total. The minimum Gasteiger partial charge on any atom is -0.323 e. The Bertz CT molecular complexity index is 728. The summed E-state index contributed by atoms with van der Waals surface area (Å²) in [4.78, 5) is 5.40. The van der Waals surface area contributed by atoms with E-state index in [9.17, 15) is 0 Å². The van der Waals surface area contributed by atoms with E-state index in [-0.39, 0.29) is 6.04 Å². The van der Waals surface area contributed by atoms with E-state index < -0.39 is 0 Å². The van der Waals surface area contributed by atoms with Crippen LogP contribution in [0.3, 0.4) is 0 Å². The van der Waals surface area contributed by atoms with Crippen molar-refractivity contribution >= 4 is 22.2 Å². The number of para-hydroxylation sites is 1. The van der Waals surface area contributed by atoms with Gasteiger partial charge in [0, 0.05) is 35.5 Å². The highest BCUT2D eigenvalue weighted by Crippen LogP contribution is 2.25. The van der Waals surface area contributed by atoms with E-state index in [0.29, 0.717) is 0 Å². The van der Waals surface area contributed by atoms with E-state index in [4.69, 9.17) is 10.8 Å². The molecule has 0 aliphatic carbocycles. The predicted octanol–water partition coefficient (Wildman–Crippen LogP) is 3.06. The quantitative estimate of drug-likeness (QED) is 0.802. The van der Waals surface area contributed by atoms with Gasteiger partial charge in [-0.25, -0.2) is 4.98 Å². The number of nitrogens with two attached hydrogens (primary N) is 1. The van der Waals surface area contributed by atoms with Gasteiger partial charge in [0.05, 0.1) is 16.2 Å². The van der Waals surface area contributed by atoms with Crippen LogP contribution in [0.2, 0.25) is 0 Å². The number of aryl methyl sites for hydroxylation is 2. The van der Waals surface area contributed by atoms with Crippen LogP contribution in [-0.2, 0) is 13.0 Å². The number of rotatable bonds is 4. The zero-order chi connectivity index (χ0) is 14.1. The third-order valence-electron chi connectivity index (χ3n) is 3.45. The summed E-state index contributed by atoms with van der Waals surface area (Å²) in [5.74, 6) is 0. The Morgan fingerprint density at radius 3 is 2.85 bits per heavy atom. The molecule has 20 heavy (non-hydrogen) atoms. The summed E-state index contributed by atoms with van der Waals surface area (Å²) in [5.41, 5.74) is 8.55. The van der Waals surface area contributed by atoms with Crippen LogP contribution in [0.25, 0.3) is 10.9 Å². The first-order valence-corrected chi connectivity index (χ1v) is 7.63. The molecule has 4 nitrogen and oxygen atoms in total. The molecule has 5 heteroatoms. The molecular formula is C15H18N4S. The first-order chi connectivity index (χ1) is 9.69. The second-order valence-electron chi connectivity index (χ2n) is 4.87. The summed E-state index contributed by atoms with van der Waals surface area (Å²) >= 11 is 1.66. The fourth-order valence-corrected chi connectivity index (χ4v) is 3.23. The van der Waals surface area contributed by atoms with Crippen LogP contribution < -0.4 is 5.73 Å². The van der Waals surface area contributed by atoms with Crippen molar-refractivity contribution < 1.29 is 0 Å².